The largest absolute Gasteiger partial charge is 0.467 e. The number of sulfonamides is 1. The first-order valence-electron chi connectivity index (χ1n) is 13.0. The second-order valence-electron chi connectivity index (χ2n) is 9.81. The van der Waals surface area contributed by atoms with Crippen LogP contribution >= 0.6 is 0 Å². The van der Waals surface area contributed by atoms with E-state index in [4.69, 9.17) is 14.2 Å². The van der Waals surface area contributed by atoms with E-state index >= 15 is 0 Å². The highest BCUT2D eigenvalue weighted by Crippen LogP contribution is 2.58. The van der Waals surface area contributed by atoms with Crippen LogP contribution in [0.5, 0.6) is 0 Å². The predicted octanol–water partition coefficient (Wildman–Crippen LogP) is 1.66. The Morgan fingerprint density at radius 1 is 1.02 bits per heavy atom. The third-order valence-corrected chi connectivity index (χ3v) is 9.66. The quantitative estimate of drug-likeness (QED) is 0.271. The first-order valence-corrected chi connectivity index (χ1v) is 14.4. The SMILES string of the molecule is CC#CCN1c2ccccc2[C@]23C[C@@H](C(=O)OC)N(S(=O)(=O)c4ccc(C#N)cc4)C2=NC(C(=O)OC)=C(C(=O)OC)[C@H]13. The number of carbonyl (C=O) groups excluding carboxylic acids is 3. The molecule has 0 amide bonds. The van der Waals surface area contributed by atoms with E-state index in [1.54, 1.807) is 36.1 Å². The normalized spacial score (nSPS) is 21.8. The summed E-state index contributed by atoms with van der Waals surface area (Å²) in [4.78, 5) is 46.1. The minimum absolute atomic E-state index is 0.0907. The molecule has 12 nitrogen and oxygen atoms in total. The minimum Gasteiger partial charge on any atom is -0.467 e. The molecule has 1 spiro atoms. The zero-order valence-corrected chi connectivity index (χ0v) is 24.5. The van der Waals surface area contributed by atoms with Gasteiger partial charge >= 0.3 is 17.9 Å². The van der Waals surface area contributed by atoms with E-state index in [1.807, 2.05) is 6.07 Å². The van der Waals surface area contributed by atoms with E-state index in [0.717, 1.165) is 25.6 Å². The first-order chi connectivity index (χ1) is 20.6. The lowest BCUT2D eigenvalue weighted by molar-refractivity contribution is -0.144. The molecule has 0 aliphatic carbocycles. The number of benzene rings is 2. The second-order valence-corrected chi connectivity index (χ2v) is 11.6. The van der Waals surface area contributed by atoms with Gasteiger partial charge in [0.05, 0.1) is 61.4 Å². The van der Waals surface area contributed by atoms with Crippen molar-refractivity contribution in [3.63, 3.8) is 0 Å². The van der Waals surface area contributed by atoms with Crippen molar-refractivity contribution >= 4 is 39.5 Å². The van der Waals surface area contributed by atoms with Crippen molar-refractivity contribution in [1.82, 2.24) is 4.31 Å². The molecule has 1 fully saturated rings. The summed E-state index contributed by atoms with van der Waals surface area (Å²) in [7, 11) is -1.17. The number of nitrogens with zero attached hydrogens (tertiary/aromatic N) is 4. The number of hydrogen-bond acceptors (Lipinski definition) is 11. The summed E-state index contributed by atoms with van der Waals surface area (Å²) in [6, 6.07) is 11.7. The van der Waals surface area contributed by atoms with Crippen LogP contribution in [0.25, 0.3) is 0 Å². The van der Waals surface area contributed by atoms with Gasteiger partial charge in [-0.25, -0.2) is 32.1 Å². The van der Waals surface area contributed by atoms with Gasteiger partial charge in [-0.05, 0) is 49.2 Å². The molecule has 3 aliphatic rings. The highest BCUT2D eigenvalue weighted by atomic mass is 32.2. The molecule has 0 bridgehead atoms. The van der Waals surface area contributed by atoms with Crippen LogP contribution in [0.1, 0.15) is 24.5 Å². The third kappa shape index (κ3) is 4.23. The van der Waals surface area contributed by atoms with Crippen molar-refractivity contribution in [2.24, 2.45) is 4.99 Å². The topological polar surface area (TPSA) is 156 Å². The van der Waals surface area contributed by atoms with Gasteiger partial charge < -0.3 is 19.1 Å². The smallest absolute Gasteiger partial charge is 0.357 e. The van der Waals surface area contributed by atoms with E-state index < -0.39 is 51.1 Å². The Morgan fingerprint density at radius 3 is 2.30 bits per heavy atom. The lowest BCUT2D eigenvalue weighted by atomic mass is 9.69. The first kappa shape index (κ1) is 29.4. The number of rotatable bonds is 6. The molecule has 43 heavy (non-hydrogen) atoms. The number of amidine groups is 1. The van der Waals surface area contributed by atoms with E-state index in [0.29, 0.717) is 11.3 Å². The summed E-state index contributed by atoms with van der Waals surface area (Å²) in [5.74, 6) is 2.91. The molecule has 0 aromatic heterocycles. The average Bonchev–Trinajstić information content (AvgIpc) is 3.53. The van der Waals surface area contributed by atoms with Gasteiger partial charge in [0.15, 0.2) is 5.70 Å². The van der Waals surface area contributed by atoms with E-state index in [9.17, 15) is 28.1 Å². The average molecular weight is 603 g/mol. The number of carbonyl (C=O) groups is 3. The van der Waals surface area contributed by atoms with Crippen molar-refractivity contribution in [1.29, 1.82) is 5.26 Å². The number of methoxy groups -OCH3 is 3. The fourth-order valence-electron chi connectivity index (χ4n) is 6.11. The molecular formula is C30H26N4O8S. The molecule has 13 heteroatoms. The maximum absolute atomic E-state index is 14.4. The van der Waals surface area contributed by atoms with E-state index in [1.165, 1.54) is 24.3 Å². The van der Waals surface area contributed by atoms with Gasteiger partial charge in [-0.15, -0.1) is 5.92 Å². The summed E-state index contributed by atoms with van der Waals surface area (Å²) in [6.07, 6.45) is -0.180. The maximum Gasteiger partial charge on any atom is 0.357 e. The fraction of sp³-hybridized carbons (Fsp3) is 0.300. The highest BCUT2D eigenvalue weighted by Gasteiger charge is 2.68. The van der Waals surface area contributed by atoms with Crippen LogP contribution in [0.2, 0.25) is 0 Å². The number of fused-ring (bicyclic) bond motifs is 1. The molecule has 0 N–H and O–H groups in total. The van der Waals surface area contributed by atoms with Crippen LogP contribution in [-0.4, -0.2) is 76.4 Å². The number of aliphatic imine (C=N–C) groups is 1. The van der Waals surface area contributed by atoms with Crippen LogP contribution in [0, 0.1) is 23.2 Å². The van der Waals surface area contributed by atoms with Gasteiger partial charge in [-0.1, -0.05) is 24.1 Å². The fourth-order valence-corrected chi connectivity index (χ4v) is 7.75. The Morgan fingerprint density at radius 2 is 1.70 bits per heavy atom. The van der Waals surface area contributed by atoms with Gasteiger partial charge in [-0.3, -0.25) is 0 Å². The molecule has 0 unspecified atom stereocenters. The summed E-state index contributed by atoms with van der Waals surface area (Å²) in [5, 5.41) is 9.23. The van der Waals surface area contributed by atoms with Gasteiger partial charge in [0, 0.05) is 5.69 Å². The van der Waals surface area contributed by atoms with Crippen LogP contribution in [0.3, 0.4) is 0 Å². The summed E-state index contributed by atoms with van der Waals surface area (Å²) in [6.45, 7) is 1.74. The Balaban J connectivity index is 1.90. The van der Waals surface area contributed by atoms with Crippen molar-refractivity contribution in [2.45, 2.75) is 35.7 Å². The number of nitriles is 1. The molecule has 2 aromatic carbocycles. The van der Waals surface area contributed by atoms with E-state index in [2.05, 4.69) is 16.8 Å². The van der Waals surface area contributed by atoms with Crippen LogP contribution in [-0.2, 0) is 44.0 Å². The number of hydrogen-bond donors (Lipinski definition) is 0. The van der Waals surface area contributed by atoms with Gasteiger partial charge in [0.1, 0.15) is 11.9 Å². The highest BCUT2D eigenvalue weighted by molar-refractivity contribution is 7.89. The molecule has 3 atom stereocenters. The standard InChI is InChI=1S/C30H26N4O8S/c1-5-6-15-33-21-10-8-7-9-20(21)30-16-22(26(35)40-2)34(43(38,39)19-13-11-18(17-31)12-14-19)29(30)32-24(28(37)42-4)23(25(30)33)27(36)41-3/h7-14,22,25H,15-16H2,1-4H3/t22-,25-,30-/m0/s1. The lowest BCUT2D eigenvalue weighted by Gasteiger charge is -2.40. The molecule has 5 rings (SSSR count). The maximum atomic E-state index is 14.4. The molecule has 0 radical (unpaired) electrons. The predicted molar refractivity (Wildman–Crippen MR) is 152 cm³/mol. The molecule has 1 saturated heterocycles. The summed E-state index contributed by atoms with van der Waals surface area (Å²) < 4.78 is 44.8. The van der Waals surface area contributed by atoms with Crippen molar-refractivity contribution in [3.05, 3.63) is 70.9 Å². The lowest BCUT2D eigenvalue weighted by Crippen LogP contribution is -2.55. The van der Waals surface area contributed by atoms with Crippen molar-refractivity contribution in [3.8, 4) is 17.9 Å². The van der Waals surface area contributed by atoms with Crippen LogP contribution in [0.15, 0.2) is 69.7 Å². The molecule has 2 aromatic rings. The molecule has 0 saturated carbocycles. The van der Waals surface area contributed by atoms with E-state index in [-0.39, 0.29) is 34.8 Å². The summed E-state index contributed by atoms with van der Waals surface area (Å²) >= 11 is 0. The second kappa shape index (κ2) is 10.9. The number of anilines is 1. The Kier molecular flexibility index (Phi) is 7.46. The summed E-state index contributed by atoms with van der Waals surface area (Å²) in [5.41, 5.74) is -0.644. The van der Waals surface area contributed by atoms with Gasteiger partial charge in [0.25, 0.3) is 10.0 Å². The monoisotopic (exact) mass is 602 g/mol. The minimum atomic E-state index is -4.56. The van der Waals surface area contributed by atoms with Gasteiger partial charge in [0.2, 0.25) is 0 Å². The zero-order chi connectivity index (χ0) is 31.1. The molecular weight excluding hydrogens is 576 g/mol. The molecule has 220 valence electrons. The van der Waals surface area contributed by atoms with Crippen LogP contribution in [0.4, 0.5) is 5.69 Å². The third-order valence-electron chi connectivity index (χ3n) is 7.85. The number of para-hydroxylation sites is 1. The van der Waals surface area contributed by atoms with Gasteiger partial charge in [-0.2, -0.15) is 5.26 Å². The zero-order valence-electron chi connectivity index (χ0n) is 23.7. The van der Waals surface area contributed by atoms with Crippen molar-refractivity contribution < 1.29 is 37.0 Å². The number of ether oxygens (including phenoxy) is 3. The van der Waals surface area contributed by atoms with Crippen molar-refractivity contribution in [2.75, 3.05) is 32.8 Å². The molecule has 3 aliphatic heterocycles. The Hall–Kier alpha value is -5.14. The Labute approximate surface area is 248 Å². The van der Waals surface area contributed by atoms with Crippen LogP contribution < -0.4 is 4.90 Å². The molecule has 3 heterocycles. The number of esters is 3. The Bertz CT molecular complexity index is 1810.